The van der Waals surface area contributed by atoms with Gasteiger partial charge >= 0.3 is 0 Å². The first-order valence-electron chi connectivity index (χ1n) is 6.66. The summed E-state index contributed by atoms with van der Waals surface area (Å²) in [5, 5.41) is 5.98. The predicted molar refractivity (Wildman–Crippen MR) is 89.8 cm³/mol. The van der Waals surface area contributed by atoms with E-state index in [4.69, 9.17) is 23.2 Å². The molecule has 0 fully saturated rings. The highest BCUT2D eigenvalue weighted by Gasteiger charge is 2.13. The number of hydrogen-bond acceptors (Lipinski definition) is 2. The maximum absolute atomic E-state index is 12.2. The molecule has 114 valence electrons. The van der Waals surface area contributed by atoms with Gasteiger partial charge in [-0.2, -0.15) is 0 Å². The third-order valence-electron chi connectivity index (χ3n) is 2.92. The first kappa shape index (κ1) is 16.3. The smallest absolute Gasteiger partial charge is 0.257 e. The van der Waals surface area contributed by atoms with E-state index in [9.17, 15) is 9.59 Å². The number of amides is 2. The van der Waals surface area contributed by atoms with Gasteiger partial charge in [0.2, 0.25) is 5.91 Å². The van der Waals surface area contributed by atoms with Crippen LogP contribution in [0.3, 0.4) is 0 Å². The normalized spacial score (nSPS) is 10.1. The van der Waals surface area contributed by atoms with Crippen LogP contribution in [0.25, 0.3) is 0 Å². The lowest BCUT2D eigenvalue weighted by atomic mass is 10.2. The van der Waals surface area contributed by atoms with Gasteiger partial charge in [0.25, 0.3) is 5.91 Å². The Bertz CT molecular complexity index is 717. The molecule has 22 heavy (non-hydrogen) atoms. The van der Waals surface area contributed by atoms with Crippen molar-refractivity contribution >= 4 is 46.4 Å². The van der Waals surface area contributed by atoms with Crippen LogP contribution in [0.1, 0.15) is 23.7 Å². The van der Waals surface area contributed by atoms with E-state index in [2.05, 4.69) is 10.6 Å². The molecule has 0 saturated carbocycles. The Hall–Kier alpha value is -2.04. The molecular weight excluding hydrogens is 323 g/mol. The minimum Gasteiger partial charge on any atom is -0.326 e. The Labute approximate surface area is 138 Å². The Balaban J connectivity index is 2.16. The van der Waals surface area contributed by atoms with Crippen molar-refractivity contribution in [1.29, 1.82) is 0 Å². The molecule has 2 rings (SSSR count). The van der Waals surface area contributed by atoms with Gasteiger partial charge in [0.1, 0.15) is 0 Å². The summed E-state index contributed by atoms with van der Waals surface area (Å²) in [7, 11) is 0. The van der Waals surface area contributed by atoms with Crippen LogP contribution in [-0.2, 0) is 4.79 Å². The number of carbonyl (C=O) groups is 2. The third kappa shape index (κ3) is 4.00. The van der Waals surface area contributed by atoms with Gasteiger partial charge < -0.3 is 10.6 Å². The molecule has 0 unspecified atom stereocenters. The fraction of sp³-hybridized carbons (Fsp3) is 0.125. The summed E-state index contributed by atoms with van der Waals surface area (Å²) in [5.41, 5.74) is 1.45. The zero-order valence-electron chi connectivity index (χ0n) is 11.8. The van der Waals surface area contributed by atoms with Crippen LogP contribution in [0.2, 0.25) is 10.0 Å². The molecule has 2 aromatic rings. The quantitative estimate of drug-likeness (QED) is 0.857. The van der Waals surface area contributed by atoms with Crippen molar-refractivity contribution in [2.45, 2.75) is 13.3 Å². The van der Waals surface area contributed by atoms with E-state index in [1.54, 1.807) is 49.4 Å². The van der Waals surface area contributed by atoms with Crippen LogP contribution in [0.15, 0.2) is 42.5 Å². The highest BCUT2D eigenvalue weighted by molar-refractivity contribution is 6.44. The maximum atomic E-state index is 12.2. The largest absolute Gasteiger partial charge is 0.326 e. The van der Waals surface area contributed by atoms with Crippen LogP contribution in [0.5, 0.6) is 0 Å². The second-order valence-corrected chi connectivity index (χ2v) is 5.32. The van der Waals surface area contributed by atoms with Crippen molar-refractivity contribution < 1.29 is 9.59 Å². The van der Waals surface area contributed by atoms with Crippen molar-refractivity contribution in [3.63, 3.8) is 0 Å². The lowest BCUT2D eigenvalue weighted by molar-refractivity contribution is -0.115. The molecule has 2 amide bonds. The molecule has 6 heteroatoms. The SMILES string of the molecule is CCC(=O)Nc1cccc(NC(=O)c2cccc(Cl)c2Cl)c1. The van der Waals surface area contributed by atoms with Crippen LogP contribution in [0.4, 0.5) is 11.4 Å². The van der Waals surface area contributed by atoms with Gasteiger partial charge in [0, 0.05) is 17.8 Å². The Morgan fingerprint density at radius 1 is 1.00 bits per heavy atom. The fourth-order valence-corrected chi connectivity index (χ4v) is 2.19. The summed E-state index contributed by atoms with van der Waals surface area (Å²) in [6.07, 6.45) is 0.384. The standard InChI is InChI=1S/C16H14Cl2N2O2/c1-2-14(21)19-10-5-3-6-11(9-10)20-16(22)12-7-4-8-13(17)15(12)18/h3-9H,2H2,1H3,(H,19,21)(H,20,22). The number of carbonyl (C=O) groups excluding carboxylic acids is 2. The highest BCUT2D eigenvalue weighted by Crippen LogP contribution is 2.26. The third-order valence-corrected chi connectivity index (χ3v) is 3.74. The molecule has 0 aliphatic carbocycles. The van der Waals surface area contributed by atoms with E-state index in [1.807, 2.05) is 0 Å². The molecule has 0 bridgehead atoms. The van der Waals surface area contributed by atoms with Gasteiger partial charge in [-0.1, -0.05) is 42.3 Å². The first-order chi connectivity index (χ1) is 10.5. The van der Waals surface area contributed by atoms with Gasteiger partial charge in [-0.15, -0.1) is 0 Å². The molecule has 4 nitrogen and oxygen atoms in total. The molecular formula is C16H14Cl2N2O2. The second-order valence-electron chi connectivity index (χ2n) is 4.54. The van der Waals surface area contributed by atoms with Gasteiger partial charge in [0.05, 0.1) is 15.6 Å². The van der Waals surface area contributed by atoms with E-state index in [1.165, 1.54) is 0 Å². The molecule has 0 heterocycles. The Morgan fingerprint density at radius 2 is 1.64 bits per heavy atom. The molecule has 0 aromatic heterocycles. The lowest BCUT2D eigenvalue weighted by Gasteiger charge is -2.09. The minimum atomic E-state index is -0.369. The highest BCUT2D eigenvalue weighted by atomic mass is 35.5. The van der Waals surface area contributed by atoms with Gasteiger partial charge in [-0.3, -0.25) is 9.59 Å². The number of hydrogen-bond donors (Lipinski definition) is 2. The summed E-state index contributed by atoms with van der Waals surface area (Å²) in [4.78, 5) is 23.6. The van der Waals surface area contributed by atoms with E-state index < -0.39 is 0 Å². The minimum absolute atomic E-state index is 0.0960. The number of anilines is 2. The van der Waals surface area contributed by atoms with Crippen LogP contribution in [-0.4, -0.2) is 11.8 Å². The average molecular weight is 337 g/mol. The first-order valence-corrected chi connectivity index (χ1v) is 7.42. The summed E-state index contributed by atoms with van der Waals surface area (Å²) in [5.74, 6) is -0.465. The molecule has 0 saturated heterocycles. The topological polar surface area (TPSA) is 58.2 Å². The zero-order valence-corrected chi connectivity index (χ0v) is 13.3. The molecule has 0 aliphatic heterocycles. The van der Waals surface area contributed by atoms with Crippen molar-refractivity contribution in [3.8, 4) is 0 Å². The van der Waals surface area contributed by atoms with Gasteiger partial charge in [-0.25, -0.2) is 0 Å². The van der Waals surface area contributed by atoms with Gasteiger partial charge in [0.15, 0.2) is 0 Å². The number of nitrogens with one attached hydrogen (secondary N) is 2. The van der Waals surface area contributed by atoms with Crippen molar-refractivity contribution in [2.24, 2.45) is 0 Å². The summed E-state index contributed by atoms with van der Waals surface area (Å²) in [6, 6.07) is 11.7. The van der Waals surface area contributed by atoms with E-state index in [-0.39, 0.29) is 22.4 Å². The molecule has 2 aromatic carbocycles. The summed E-state index contributed by atoms with van der Waals surface area (Å²) >= 11 is 11.9. The van der Waals surface area contributed by atoms with Crippen LogP contribution in [0, 0.1) is 0 Å². The predicted octanol–water partition coefficient (Wildman–Crippen LogP) is 4.59. The number of benzene rings is 2. The summed E-state index contributed by atoms with van der Waals surface area (Å²) < 4.78 is 0. The average Bonchev–Trinajstić information content (AvgIpc) is 2.50. The number of rotatable bonds is 4. The summed E-state index contributed by atoms with van der Waals surface area (Å²) in [6.45, 7) is 1.77. The van der Waals surface area contributed by atoms with Crippen molar-refractivity contribution in [1.82, 2.24) is 0 Å². The zero-order chi connectivity index (χ0) is 16.1. The molecule has 0 radical (unpaired) electrons. The van der Waals surface area contributed by atoms with Gasteiger partial charge in [-0.05, 0) is 30.3 Å². The van der Waals surface area contributed by atoms with Crippen molar-refractivity contribution in [2.75, 3.05) is 10.6 Å². The molecule has 0 spiro atoms. The van der Waals surface area contributed by atoms with E-state index in [0.29, 0.717) is 22.8 Å². The van der Waals surface area contributed by atoms with E-state index in [0.717, 1.165) is 0 Å². The maximum Gasteiger partial charge on any atom is 0.257 e. The molecule has 0 atom stereocenters. The lowest BCUT2D eigenvalue weighted by Crippen LogP contribution is -2.13. The monoisotopic (exact) mass is 336 g/mol. The van der Waals surface area contributed by atoms with Crippen LogP contribution >= 0.6 is 23.2 Å². The second kappa shape index (κ2) is 7.29. The van der Waals surface area contributed by atoms with Crippen LogP contribution < -0.4 is 10.6 Å². The number of halogens is 2. The van der Waals surface area contributed by atoms with E-state index >= 15 is 0 Å². The fourth-order valence-electron chi connectivity index (χ4n) is 1.80. The Morgan fingerprint density at radius 3 is 2.32 bits per heavy atom. The molecule has 0 aliphatic rings. The Kier molecular flexibility index (Phi) is 5.41. The molecule has 2 N–H and O–H groups in total. The van der Waals surface area contributed by atoms with Crippen molar-refractivity contribution in [3.05, 3.63) is 58.1 Å².